The highest BCUT2D eigenvalue weighted by molar-refractivity contribution is 6.02. The Morgan fingerprint density at radius 1 is 1.14 bits per heavy atom. The maximum Gasteiger partial charge on any atom is 0.339 e. The first-order valence-electron chi connectivity index (χ1n) is 7.51. The zero-order chi connectivity index (χ0) is 15.8. The van der Waals surface area contributed by atoms with E-state index in [0.717, 1.165) is 25.7 Å². The molecular weight excluding hydrogens is 266 g/mol. The highest BCUT2D eigenvalue weighted by Crippen LogP contribution is 2.24. The molecule has 0 aliphatic rings. The Kier molecular flexibility index (Phi) is 6.92. The number of ether oxygens (including phenoxy) is 1. The van der Waals surface area contributed by atoms with Crippen LogP contribution in [-0.4, -0.2) is 26.0 Å². The Bertz CT molecular complexity index is 479. The SMILES string of the molecule is CCCC(CCC)C(=O)N(C)c1ccccc1C(=O)OC. The van der Waals surface area contributed by atoms with Crippen LogP contribution in [0.1, 0.15) is 49.9 Å². The average Bonchev–Trinajstić information content (AvgIpc) is 2.52. The predicted molar refractivity (Wildman–Crippen MR) is 84.5 cm³/mol. The second-order valence-electron chi connectivity index (χ2n) is 5.18. The van der Waals surface area contributed by atoms with Crippen LogP contribution in [0.15, 0.2) is 24.3 Å². The van der Waals surface area contributed by atoms with Gasteiger partial charge in [-0.1, -0.05) is 38.8 Å². The van der Waals surface area contributed by atoms with E-state index in [1.807, 2.05) is 6.07 Å². The Morgan fingerprint density at radius 2 is 1.71 bits per heavy atom. The third kappa shape index (κ3) is 4.31. The van der Waals surface area contributed by atoms with Gasteiger partial charge in [0.05, 0.1) is 18.4 Å². The van der Waals surface area contributed by atoms with E-state index in [0.29, 0.717) is 11.3 Å². The van der Waals surface area contributed by atoms with Crippen LogP contribution in [0.3, 0.4) is 0 Å². The van der Waals surface area contributed by atoms with E-state index in [9.17, 15) is 9.59 Å². The van der Waals surface area contributed by atoms with Crippen molar-refractivity contribution in [3.63, 3.8) is 0 Å². The summed E-state index contributed by atoms with van der Waals surface area (Å²) in [5, 5.41) is 0. The third-order valence-corrected chi connectivity index (χ3v) is 3.62. The van der Waals surface area contributed by atoms with E-state index in [1.54, 1.807) is 30.1 Å². The summed E-state index contributed by atoms with van der Waals surface area (Å²) in [5.41, 5.74) is 1.02. The lowest BCUT2D eigenvalue weighted by atomic mass is 9.96. The molecule has 0 fully saturated rings. The van der Waals surface area contributed by atoms with Gasteiger partial charge in [0.25, 0.3) is 0 Å². The highest BCUT2D eigenvalue weighted by atomic mass is 16.5. The van der Waals surface area contributed by atoms with Crippen LogP contribution >= 0.6 is 0 Å². The van der Waals surface area contributed by atoms with Crippen molar-refractivity contribution in [2.75, 3.05) is 19.1 Å². The summed E-state index contributed by atoms with van der Waals surface area (Å²) in [6.45, 7) is 4.16. The standard InChI is InChI=1S/C17H25NO3/c1-5-9-13(10-6-2)16(19)18(3)15-12-8-7-11-14(15)17(20)21-4/h7-8,11-13H,5-6,9-10H2,1-4H3. The molecule has 21 heavy (non-hydrogen) atoms. The molecule has 0 N–H and O–H groups in total. The van der Waals surface area contributed by atoms with Crippen molar-refractivity contribution in [1.29, 1.82) is 0 Å². The molecule has 0 spiro atoms. The topological polar surface area (TPSA) is 46.6 Å². The lowest BCUT2D eigenvalue weighted by molar-refractivity contribution is -0.122. The van der Waals surface area contributed by atoms with Crippen LogP contribution in [0, 0.1) is 5.92 Å². The van der Waals surface area contributed by atoms with Crippen molar-refractivity contribution in [3.05, 3.63) is 29.8 Å². The summed E-state index contributed by atoms with van der Waals surface area (Å²) in [4.78, 5) is 26.1. The summed E-state index contributed by atoms with van der Waals surface area (Å²) in [6.07, 6.45) is 3.70. The quantitative estimate of drug-likeness (QED) is 0.720. The molecule has 116 valence electrons. The molecule has 4 nitrogen and oxygen atoms in total. The third-order valence-electron chi connectivity index (χ3n) is 3.62. The number of methoxy groups -OCH3 is 1. The zero-order valence-electron chi connectivity index (χ0n) is 13.4. The maximum atomic E-state index is 12.7. The van der Waals surface area contributed by atoms with E-state index in [4.69, 9.17) is 4.74 Å². The predicted octanol–water partition coefficient (Wildman–Crippen LogP) is 3.65. The van der Waals surface area contributed by atoms with Gasteiger partial charge in [0, 0.05) is 13.0 Å². The molecule has 0 aliphatic heterocycles. The Morgan fingerprint density at radius 3 is 2.24 bits per heavy atom. The number of esters is 1. The first-order valence-corrected chi connectivity index (χ1v) is 7.51. The average molecular weight is 291 g/mol. The molecule has 0 aliphatic carbocycles. The Labute approximate surface area is 127 Å². The van der Waals surface area contributed by atoms with Crippen LogP contribution in [0.2, 0.25) is 0 Å². The zero-order valence-corrected chi connectivity index (χ0v) is 13.4. The number of hydrogen-bond donors (Lipinski definition) is 0. The van der Waals surface area contributed by atoms with Crippen LogP contribution in [-0.2, 0) is 9.53 Å². The highest BCUT2D eigenvalue weighted by Gasteiger charge is 2.24. The van der Waals surface area contributed by atoms with Gasteiger partial charge in [-0.25, -0.2) is 4.79 Å². The molecule has 0 heterocycles. The molecule has 0 unspecified atom stereocenters. The smallest absolute Gasteiger partial charge is 0.339 e. The minimum absolute atomic E-state index is 0.00991. The fraction of sp³-hybridized carbons (Fsp3) is 0.529. The van der Waals surface area contributed by atoms with Crippen molar-refractivity contribution in [2.24, 2.45) is 5.92 Å². The molecule has 1 aromatic rings. The van der Waals surface area contributed by atoms with E-state index in [2.05, 4.69) is 13.8 Å². The van der Waals surface area contributed by atoms with Gasteiger partial charge < -0.3 is 9.64 Å². The number of para-hydroxylation sites is 1. The Hall–Kier alpha value is -1.84. The lowest BCUT2D eigenvalue weighted by Crippen LogP contribution is -2.34. The van der Waals surface area contributed by atoms with Crippen molar-refractivity contribution < 1.29 is 14.3 Å². The van der Waals surface area contributed by atoms with Gasteiger partial charge >= 0.3 is 5.97 Å². The normalized spacial score (nSPS) is 10.5. The van der Waals surface area contributed by atoms with Crippen molar-refractivity contribution in [1.82, 2.24) is 0 Å². The first kappa shape index (κ1) is 17.2. The molecule has 1 amide bonds. The minimum atomic E-state index is -0.423. The second kappa shape index (κ2) is 8.45. The summed E-state index contributed by atoms with van der Waals surface area (Å²) in [5.74, 6) is -0.349. The van der Waals surface area contributed by atoms with Crippen LogP contribution < -0.4 is 4.90 Å². The molecule has 0 aromatic heterocycles. The van der Waals surface area contributed by atoms with Crippen LogP contribution in [0.5, 0.6) is 0 Å². The largest absolute Gasteiger partial charge is 0.465 e. The summed E-state index contributed by atoms with van der Waals surface area (Å²) in [7, 11) is 3.07. The van der Waals surface area contributed by atoms with Gasteiger partial charge in [0.2, 0.25) is 5.91 Å². The molecule has 0 bridgehead atoms. The Balaban J connectivity index is 3.04. The number of carbonyl (C=O) groups excluding carboxylic acids is 2. The van der Waals surface area contributed by atoms with Crippen molar-refractivity contribution >= 4 is 17.6 Å². The maximum absolute atomic E-state index is 12.7. The molecule has 4 heteroatoms. The fourth-order valence-electron chi connectivity index (χ4n) is 2.53. The number of hydrogen-bond acceptors (Lipinski definition) is 3. The van der Waals surface area contributed by atoms with Crippen LogP contribution in [0.4, 0.5) is 5.69 Å². The molecule has 0 saturated carbocycles. The van der Waals surface area contributed by atoms with Crippen LogP contribution in [0.25, 0.3) is 0 Å². The van der Waals surface area contributed by atoms with E-state index in [1.165, 1.54) is 7.11 Å². The van der Waals surface area contributed by atoms with Gasteiger partial charge in [-0.2, -0.15) is 0 Å². The van der Waals surface area contributed by atoms with Gasteiger partial charge in [-0.15, -0.1) is 0 Å². The monoisotopic (exact) mass is 291 g/mol. The summed E-state index contributed by atoms with van der Waals surface area (Å²) in [6, 6.07) is 7.04. The molecule has 0 radical (unpaired) electrons. The van der Waals surface area contributed by atoms with Crippen molar-refractivity contribution in [2.45, 2.75) is 39.5 Å². The summed E-state index contributed by atoms with van der Waals surface area (Å²) < 4.78 is 4.79. The number of rotatable bonds is 7. The minimum Gasteiger partial charge on any atom is -0.465 e. The molecule has 1 aromatic carbocycles. The fourth-order valence-corrected chi connectivity index (χ4v) is 2.53. The van der Waals surface area contributed by atoms with Gasteiger partial charge in [-0.3, -0.25) is 4.79 Å². The van der Waals surface area contributed by atoms with Crippen molar-refractivity contribution in [3.8, 4) is 0 Å². The number of nitrogens with zero attached hydrogens (tertiary/aromatic N) is 1. The number of anilines is 1. The van der Waals surface area contributed by atoms with E-state index >= 15 is 0 Å². The second-order valence-corrected chi connectivity index (χ2v) is 5.18. The summed E-state index contributed by atoms with van der Waals surface area (Å²) >= 11 is 0. The van der Waals surface area contributed by atoms with Gasteiger partial charge in [0.15, 0.2) is 0 Å². The number of carbonyl (C=O) groups is 2. The van der Waals surface area contributed by atoms with Gasteiger partial charge in [0.1, 0.15) is 0 Å². The lowest BCUT2D eigenvalue weighted by Gasteiger charge is -2.25. The molecule has 0 atom stereocenters. The molecular formula is C17H25NO3. The molecule has 0 saturated heterocycles. The van der Waals surface area contributed by atoms with E-state index < -0.39 is 5.97 Å². The number of amides is 1. The first-order chi connectivity index (χ1) is 10.1. The van der Waals surface area contributed by atoms with E-state index in [-0.39, 0.29) is 11.8 Å². The molecule has 1 rings (SSSR count). The van der Waals surface area contributed by atoms with Gasteiger partial charge in [-0.05, 0) is 25.0 Å². The number of benzene rings is 1.